The van der Waals surface area contributed by atoms with Crippen LogP contribution in [0.25, 0.3) is 0 Å². The molecule has 2 aliphatic heterocycles. The van der Waals surface area contributed by atoms with E-state index in [2.05, 4.69) is 33.0 Å². The van der Waals surface area contributed by atoms with E-state index < -0.39 is 11.8 Å². The van der Waals surface area contributed by atoms with E-state index in [0.29, 0.717) is 11.3 Å². The minimum Gasteiger partial charge on any atom is -0.395 e. The highest BCUT2D eigenvalue weighted by atomic mass is 16.3. The van der Waals surface area contributed by atoms with Crippen LogP contribution >= 0.6 is 0 Å². The summed E-state index contributed by atoms with van der Waals surface area (Å²) in [6.07, 6.45) is 4.25. The molecule has 2 aliphatic rings. The number of imide groups is 1. The minimum absolute atomic E-state index is 0.00768. The zero-order valence-electron chi connectivity index (χ0n) is 17.5. The number of carbonyl (C=O) groups excluding carboxylic acids is 3. The fourth-order valence-electron chi connectivity index (χ4n) is 4.44. The number of anilines is 1. The van der Waals surface area contributed by atoms with E-state index in [9.17, 15) is 14.4 Å². The van der Waals surface area contributed by atoms with Crippen LogP contribution in [0, 0.1) is 0 Å². The van der Waals surface area contributed by atoms with Crippen molar-refractivity contribution in [3.63, 3.8) is 0 Å². The van der Waals surface area contributed by atoms with Gasteiger partial charge in [-0.3, -0.25) is 19.3 Å². The van der Waals surface area contributed by atoms with Crippen LogP contribution in [-0.2, 0) is 9.59 Å². The maximum absolute atomic E-state index is 13.3. The molecular formula is C22H29N3O4. The van der Waals surface area contributed by atoms with Crippen LogP contribution in [0.4, 0.5) is 5.69 Å². The van der Waals surface area contributed by atoms with Gasteiger partial charge in [0.1, 0.15) is 5.70 Å². The van der Waals surface area contributed by atoms with Gasteiger partial charge in [0.2, 0.25) is 0 Å². The Morgan fingerprint density at radius 1 is 1.07 bits per heavy atom. The monoisotopic (exact) mass is 399 g/mol. The third kappa shape index (κ3) is 4.05. The maximum Gasteiger partial charge on any atom is 0.277 e. The molecule has 0 atom stereocenters. The van der Waals surface area contributed by atoms with Crippen molar-refractivity contribution in [2.24, 2.45) is 0 Å². The predicted molar refractivity (Wildman–Crippen MR) is 110 cm³/mol. The lowest BCUT2D eigenvalue weighted by molar-refractivity contribution is -0.137. The molecule has 1 aromatic carbocycles. The molecule has 156 valence electrons. The van der Waals surface area contributed by atoms with Crippen molar-refractivity contribution in [3.8, 4) is 0 Å². The number of rotatable bonds is 5. The summed E-state index contributed by atoms with van der Waals surface area (Å²) < 4.78 is 0. The fraction of sp³-hybridized carbons (Fsp3) is 0.500. The van der Waals surface area contributed by atoms with Crippen molar-refractivity contribution in [3.05, 3.63) is 41.6 Å². The van der Waals surface area contributed by atoms with E-state index >= 15 is 0 Å². The van der Waals surface area contributed by atoms with Crippen molar-refractivity contribution >= 4 is 23.4 Å². The number of benzene rings is 1. The number of nitrogens with one attached hydrogen (secondary N) is 1. The van der Waals surface area contributed by atoms with Crippen molar-refractivity contribution in [1.82, 2.24) is 9.80 Å². The number of carbonyl (C=O) groups is 3. The van der Waals surface area contributed by atoms with E-state index in [0.717, 1.165) is 24.2 Å². The lowest BCUT2D eigenvalue weighted by atomic mass is 9.79. The molecule has 0 radical (unpaired) electrons. The standard InChI is InChI=1S/C22H29N3O4/c1-21(2)10-5-11-22(3,4)25(21)19(28)15-6-8-16(9-7-15)23-17-14-18(27)24(12-13-26)20(17)29/h6-9,14,23,26H,5,10-13H2,1-4H3. The molecule has 0 aromatic heterocycles. The van der Waals surface area contributed by atoms with Gasteiger partial charge in [-0.1, -0.05) is 0 Å². The molecule has 29 heavy (non-hydrogen) atoms. The molecule has 7 nitrogen and oxygen atoms in total. The first-order valence-corrected chi connectivity index (χ1v) is 9.97. The average molecular weight is 399 g/mol. The SMILES string of the molecule is CC1(C)CCCC(C)(C)N1C(=O)c1ccc(NC2=CC(=O)N(CCO)C2=O)cc1. The predicted octanol–water partition coefficient (Wildman–Crippen LogP) is 2.53. The Morgan fingerprint density at radius 2 is 1.66 bits per heavy atom. The first kappa shape index (κ1) is 21.0. The summed E-state index contributed by atoms with van der Waals surface area (Å²) in [5, 5.41) is 11.9. The van der Waals surface area contributed by atoms with Gasteiger partial charge in [-0.05, 0) is 71.2 Å². The molecule has 2 heterocycles. The molecule has 7 heteroatoms. The Bertz CT molecular complexity index is 839. The van der Waals surface area contributed by atoms with Gasteiger partial charge < -0.3 is 15.3 Å². The van der Waals surface area contributed by atoms with Crippen LogP contribution in [0.15, 0.2) is 36.0 Å². The zero-order valence-corrected chi connectivity index (χ0v) is 17.5. The smallest absolute Gasteiger partial charge is 0.277 e. The number of likely N-dealkylation sites (tertiary alicyclic amines) is 1. The molecule has 2 N–H and O–H groups in total. The van der Waals surface area contributed by atoms with Gasteiger partial charge in [-0.15, -0.1) is 0 Å². The van der Waals surface area contributed by atoms with E-state index in [1.807, 2.05) is 4.90 Å². The lowest BCUT2D eigenvalue weighted by Crippen LogP contribution is -2.60. The third-order valence-electron chi connectivity index (χ3n) is 5.73. The highest BCUT2D eigenvalue weighted by molar-refractivity contribution is 6.17. The molecule has 1 aromatic rings. The second-order valence-corrected chi connectivity index (χ2v) is 8.90. The summed E-state index contributed by atoms with van der Waals surface area (Å²) in [4.78, 5) is 40.3. The molecule has 0 spiro atoms. The summed E-state index contributed by atoms with van der Waals surface area (Å²) in [6, 6.07) is 6.92. The van der Waals surface area contributed by atoms with Crippen molar-refractivity contribution < 1.29 is 19.5 Å². The lowest BCUT2D eigenvalue weighted by Gasteiger charge is -2.53. The third-order valence-corrected chi connectivity index (χ3v) is 5.73. The molecule has 1 fully saturated rings. The normalized spacial score (nSPS) is 20.7. The second kappa shape index (κ2) is 7.63. The number of aliphatic hydroxyl groups excluding tert-OH is 1. The maximum atomic E-state index is 13.3. The Hall–Kier alpha value is -2.67. The number of hydrogen-bond acceptors (Lipinski definition) is 5. The number of aliphatic hydroxyl groups is 1. The number of piperidine rings is 1. The van der Waals surface area contributed by atoms with Gasteiger partial charge in [-0.25, -0.2) is 0 Å². The van der Waals surface area contributed by atoms with Crippen LogP contribution in [0.2, 0.25) is 0 Å². The van der Waals surface area contributed by atoms with Gasteiger partial charge in [0.05, 0.1) is 13.2 Å². The fourth-order valence-corrected chi connectivity index (χ4v) is 4.44. The Morgan fingerprint density at radius 3 is 2.21 bits per heavy atom. The minimum atomic E-state index is -0.471. The van der Waals surface area contributed by atoms with Crippen molar-refractivity contribution in [2.75, 3.05) is 18.5 Å². The highest BCUT2D eigenvalue weighted by Gasteiger charge is 2.44. The molecule has 0 bridgehead atoms. The largest absolute Gasteiger partial charge is 0.395 e. The van der Waals surface area contributed by atoms with Gasteiger partial charge in [-0.2, -0.15) is 0 Å². The number of hydrogen-bond donors (Lipinski definition) is 2. The first-order valence-electron chi connectivity index (χ1n) is 9.97. The van der Waals surface area contributed by atoms with Crippen LogP contribution in [0.3, 0.4) is 0 Å². The van der Waals surface area contributed by atoms with E-state index in [-0.39, 0.29) is 35.8 Å². The highest BCUT2D eigenvalue weighted by Crippen LogP contribution is 2.39. The van der Waals surface area contributed by atoms with Gasteiger partial charge >= 0.3 is 0 Å². The number of amides is 3. The van der Waals surface area contributed by atoms with Crippen LogP contribution < -0.4 is 5.32 Å². The molecule has 0 aliphatic carbocycles. The van der Waals surface area contributed by atoms with E-state index in [1.165, 1.54) is 6.08 Å². The Balaban J connectivity index is 1.75. The number of β-amino-alcohol motifs (C(OH)–C–C–N with tert-alkyl or cyclic N) is 1. The average Bonchev–Trinajstić information content (AvgIpc) is 2.88. The van der Waals surface area contributed by atoms with Crippen molar-refractivity contribution in [2.45, 2.75) is 58.0 Å². The van der Waals surface area contributed by atoms with E-state index in [4.69, 9.17) is 5.11 Å². The first-order chi connectivity index (χ1) is 13.6. The Labute approximate surface area is 171 Å². The van der Waals surface area contributed by atoms with Crippen molar-refractivity contribution in [1.29, 1.82) is 0 Å². The summed E-state index contributed by atoms with van der Waals surface area (Å²) in [7, 11) is 0. The Kier molecular flexibility index (Phi) is 5.54. The molecular weight excluding hydrogens is 370 g/mol. The van der Waals surface area contributed by atoms with Crippen LogP contribution in [0.1, 0.15) is 57.3 Å². The number of nitrogens with zero attached hydrogens (tertiary/aromatic N) is 2. The van der Waals surface area contributed by atoms with Gasteiger partial charge in [0.15, 0.2) is 0 Å². The molecule has 3 rings (SSSR count). The topological polar surface area (TPSA) is 90.0 Å². The van der Waals surface area contributed by atoms with Gasteiger partial charge in [0, 0.05) is 28.4 Å². The van der Waals surface area contributed by atoms with Crippen LogP contribution in [0.5, 0.6) is 0 Å². The zero-order chi connectivity index (χ0) is 21.4. The van der Waals surface area contributed by atoms with Gasteiger partial charge in [0.25, 0.3) is 17.7 Å². The van der Waals surface area contributed by atoms with E-state index in [1.54, 1.807) is 24.3 Å². The summed E-state index contributed by atoms with van der Waals surface area (Å²) in [5.41, 5.74) is 0.918. The summed E-state index contributed by atoms with van der Waals surface area (Å²) in [5.74, 6) is -0.930. The molecule has 1 saturated heterocycles. The molecule has 3 amide bonds. The molecule has 0 saturated carbocycles. The summed E-state index contributed by atoms with van der Waals surface area (Å²) >= 11 is 0. The second-order valence-electron chi connectivity index (χ2n) is 8.90. The van der Waals surface area contributed by atoms with Crippen LogP contribution in [-0.4, -0.2) is 56.9 Å². The quantitative estimate of drug-likeness (QED) is 0.743. The molecule has 0 unspecified atom stereocenters. The summed E-state index contributed by atoms with van der Waals surface area (Å²) in [6.45, 7) is 8.11.